The lowest BCUT2D eigenvalue weighted by atomic mass is 10.1. The van der Waals surface area contributed by atoms with Crippen molar-refractivity contribution in [1.82, 2.24) is 0 Å². The van der Waals surface area contributed by atoms with Crippen LogP contribution in [0.4, 0.5) is 0 Å². The van der Waals surface area contributed by atoms with E-state index in [1.54, 1.807) is 18.4 Å². The van der Waals surface area contributed by atoms with E-state index in [1.165, 1.54) is 21.2 Å². The van der Waals surface area contributed by atoms with E-state index in [0.717, 1.165) is 5.06 Å². The van der Waals surface area contributed by atoms with Gasteiger partial charge in [-0.05, 0) is 34.5 Å². The van der Waals surface area contributed by atoms with Crippen molar-refractivity contribution in [1.29, 1.82) is 0 Å². The SMILES string of the molecule is COc1ccc(-c2ccc3ccccc3c2)s1. The summed E-state index contributed by atoms with van der Waals surface area (Å²) in [5.41, 5.74) is 1.25. The van der Waals surface area contributed by atoms with Crippen molar-refractivity contribution >= 4 is 22.1 Å². The Morgan fingerprint density at radius 2 is 1.71 bits per heavy atom. The molecule has 2 aromatic carbocycles. The van der Waals surface area contributed by atoms with Gasteiger partial charge in [-0.3, -0.25) is 0 Å². The average molecular weight is 240 g/mol. The lowest BCUT2D eigenvalue weighted by Crippen LogP contribution is -1.75. The van der Waals surface area contributed by atoms with Crippen LogP contribution in [0.5, 0.6) is 5.06 Å². The van der Waals surface area contributed by atoms with Gasteiger partial charge in [-0.25, -0.2) is 0 Å². The van der Waals surface area contributed by atoms with E-state index < -0.39 is 0 Å². The monoisotopic (exact) mass is 240 g/mol. The Kier molecular flexibility index (Phi) is 2.57. The molecule has 0 aliphatic carbocycles. The molecule has 0 aliphatic rings. The highest BCUT2D eigenvalue weighted by Gasteiger charge is 2.03. The Balaban J connectivity index is 2.11. The van der Waals surface area contributed by atoms with Gasteiger partial charge in [0.05, 0.1) is 7.11 Å². The normalized spacial score (nSPS) is 10.6. The first-order valence-electron chi connectivity index (χ1n) is 5.50. The number of thiophene rings is 1. The Morgan fingerprint density at radius 3 is 2.47 bits per heavy atom. The molecule has 1 aromatic heterocycles. The molecule has 84 valence electrons. The van der Waals surface area contributed by atoms with Crippen molar-refractivity contribution in [2.45, 2.75) is 0 Å². The Bertz CT molecular complexity index is 655. The van der Waals surface area contributed by atoms with Crippen molar-refractivity contribution in [2.24, 2.45) is 0 Å². The third-order valence-corrected chi connectivity index (χ3v) is 3.91. The number of hydrogen-bond acceptors (Lipinski definition) is 2. The second-order valence-corrected chi connectivity index (χ2v) is 4.93. The number of fused-ring (bicyclic) bond motifs is 1. The van der Waals surface area contributed by atoms with E-state index in [2.05, 4.69) is 48.5 Å². The van der Waals surface area contributed by atoms with Crippen LogP contribution in [-0.4, -0.2) is 7.11 Å². The number of hydrogen-bond donors (Lipinski definition) is 0. The fourth-order valence-electron chi connectivity index (χ4n) is 1.93. The van der Waals surface area contributed by atoms with Crippen LogP contribution in [0, 0.1) is 0 Å². The number of methoxy groups -OCH3 is 1. The second kappa shape index (κ2) is 4.22. The van der Waals surface area contributed by atoms with Gasteiger partial charge >= 0.3 is 0 Å². The summed E-state index contributed by atoms with van der Waals surface area (Å²) in [6.07, 6.45) is 0. The minimum atomic E-state index is 0.952. The van der Waals surface area contributed by atoms with Gasteiger partial charge in [0.15, 0.2) is 5.06 Å². The molecule has 0 unspecified atom stereocenters. The van der Waals surface area contributed by atoms with Crippen molar-refractivity contribution in [2.75, 3.05) is 7.11 Å². The standard InChI is InChI=1S/C15H12OS/c1-16-15-9-8-14(17-15)13-7-6-11-4-2-3-5-12(11)10-13/h2-10H,1H3. The lowest BCUT2D eigenvalue weighted by Gasteiger charge is -2.01. The minimum Gasteiger partial charge on any atom is -0.487 e. The molecule has 2 heteroatoms. The summed E-state index contributed by atoms with van der Waals surface area (Å²) in [4.78, 5) is 1.24. The Morgan fingerprint density at radius 1 is 0.882 bits per heavy atom. The predicted octanol–water partition coefficient (Wildman–Crippen LogP) is 4.58. The topological polar surface area (TPSA) is 9.23 Å². The lowest BCUT2D eigenvalue weighted by molar-refractivity contribution is 0.427. The highest BCUT2D eigenvalue weighted by molar-refractivity contribution is 7.17. The van der Waals surface area contributed by atoms with Crippen molar-refractivity contribution < 1.29 is 4.74 Å². The molecule has 0 bridgehead atoms. The summed E-state index contributed by atoms with van der Waals surface area (Å²) in [5, 5.41) is 3.50. The van der Waals surface area contributed by atoms with E-state index in [9.17, 15) is 0 Å². The van der Waals surface area contributed by atoms with E-state index in [-0.39, 0.29) is 0 Å². The highest BCUT2D eigenvalue weighted by atomic mass is 32.1. The molecule has 0 saturated heterocycles. The zero-order valence-corrected chi connectivity index (χ0v) is 10.3. The number of ether oxygens (including phenoxy) is 1. The average Bonchev–Trinajstić information content (AvgIpc) is 2.87. The van der Waals surface area contributed by atoms with E-state index in [0.29, 0.717) is 0 Å². The van der Waals surface area contributed by atoms with E-state index in [4.69, 9.17) is 4.74 Å². The largest absolute Gasteiger partial charge is 0.487 e. The van der Waals surface area contributed by atoms with Gasteiger partial charge in [0.1, 0.15) is 0 Å². The van der Waals surface area contributed by atoms with Gasteiger partial charge < -0.3 is 4.74 Å². The Hall–Kier alpha value is -1.80. The molecule has 0 saturated carbocycles. The molecule has 0 fully saturated rings. The van der Waals surface area contributed by atoms with E-state index in [1.807, 2.05) is 6.07 Å². The van der Waals surface area contributed by atoms with Crippen LogP contribution in [-0.2, 0) is 0 Å². The number of rotatable bonds is 2. The van der Waals surface area contributed by atoms with Crippen molar-refractivity contribution in [3.63, 3.8) is 0 Å². The molecule has 17 heavy (non-hydrogen) atoms. The van der Waals surface area contributed by atoms with Gasteiger partial charge in [-0.2, -0.15) is 0 Å². The maximum absolute atomic E-state index is 5.22. The third-order valence-electron chi connectivity index (χ3n) is 2.82. The zero-order chi connectivity index (χ0) is 11.7. The first-order valence-corrected chi connectivity index (χ1v) is 6.31. The predicted molar refractivity (Wildman–Crippen MR) is 73.8 cm³/mol. The molecule has 1 heterocycles. The number of benzene rings is 2. The molecule has 0 spiro atoms. The fourth-order valence-corrected chi connectivity index (χ4v) is 2.74. The smallest absolute Gasteiger partial charge is 0.173 e. The van der Waals surface area contributed by atoms with Gasteiger partial charge in [0.25, 0.3) is 0 Å². The molecule has 1 nitrogen and oxygen atoms in total. The molecule has 0 aliphatic heterocycles. The second-order valence-electron chi connectivity index (χ2n) is 3.88. The first-order chi connectivity index (χ1) is 8.36. The summed E-state index contributed by atoms with van der Waals surface area (Å²) in [7, 11) is 1.70. The molecular weight excluding hydrogens is 228 g/mol. The van der Waals surface area contributed by atoms with Crippen LogP contribution >= 0.6 is 11.3 Å². The van der Waals surface area contributed by atoms with Gasteiger partial charge in [0.2, 0.25) is 0 Å². The van der Waals surface area contributed by atoms with Gasteiger partial charge in [-0.15, -0.1) is 0 Å². The van der Waals surface area contributed by atoms with Crippen molar-refractivity contribution in [3.8, 4) is 15.5 Å². The third kappa shape index (κ3) is 1.92. The summed E-state index contributed by atoms with van der Waals surface area (Å²) in [6.45, 7) is 0. The zero-order valence-electron chi connectivity index (χ0n) is 9.51. The van der Waals surface area contributed by atoms with Crippen LogP contribution in [0.25, 0.3) is 21.2 Å². The summed E-state index contributed by atoms with van der Waals surface area (Å²) >= 11 is 1.67. The van der Waals surface area contributed by atoms with Crippen LogP contribution in [0.3, 0.4) is 0 Å². The molecule has 0 N–H and O–H groups in total. The Labute approximate surface area is 104 Å². The van der Waals surface area contributed by atoms with Crippen LogP contribution < -0.4 is 4.74 Å². The quantitative estimate of drug-likeness (QED) is 0.637. The molecular formula is C15H12OS. The summed E-state index contributed by atoms with van der Waals surface area (Å²) in [5.74, 6) is 0. The molecule has 0 atom stereocenters. The molecule has 3 rings (SSSR count). The molecule has 3 aromatic rings. The molecule has 0 radical (unpaired) electrons. The summed E-state index contributed by atoms with van der Waals surface area (Å²) in [6, 6.07) is 19.1. The fraction of sp³-hybridized carbons (Fsp3) is 0.0667. The van der Waals surface area contributed by atoms with Crippen LogP contribution in [0.15, 0.2) is 54.6 Å². The highest BCUT2D eigenvalue weighted by Crippen LogP contribution is 2.33. The van der Waals surface area contributed by atoms with Gasteiger partial charge in [-0.1, -0.05) is 47.7 Å². The maximum Gasteiger partial charge on any atom is 0.173 e. The maximum atomic E-state index is 5.22. The van der Waals surface area contributed by atoms with Crippen LogP contribution in [0.1, 0.15) is 0 Å². The molecule has 0 amide bonds. The van der Waals surface area contributed by atoms with Crippen LogP contribution in [0.2, 0.25) is 0 Å². The first kappa shape index (κ1) is 10.4. The summed E-state index contributed by atoms with van der Waals surface area (Å²) < 4.78 is 5.22. The van der Waals surface area contributed by atoms with Gasteiger partial charge in [0, 0.05) is 4.88 Å². The van der Waals surface area contributed by atoms with Crippen molar-refractivity contribution in [3.05, 3.63) is 54.6 Å². The minimum absolute atomic E-state index is 0.952. The van der Waals surface area contributed by atoms with E-state index >= 15 is 0 Å².